The van der Waals surface area contributed by atoms with E-state index in [-0.39, 0.29) is 5.75 Å². The van der Waals surface area contributed by atoms with E-state index in [1.165, 1.54) is 0 Å². The van der Waals surface area contributed by atoms with Crippen molar-refractivity contribution in [2.75, 3.05) is 45.0 Å². The number of rotatable bonds is 8. The Bertz CT molecular complexity index is 346. The second kappa shape index (κ2) is 8.19. The van der Waals surface area contributed by atoms with E-state index in [0.717, 1.165) is 39.0 Å². The lowest BCUT2D eigenvalue weighted by Gasteiger charge is -2.38. The average Bonchev–Trinajstić information content (AvgIpc) is 2.38. The van der Waals surface area contributed by atoms with Gasteiger partial charge in [-0.2, -0.15) is 4.31 Å². The quantitative estimate of drug-likeness (QED) is 0.670. The summed E-state index contributed by atoms with van der Waals surface area (Å²) in [5.41, 5.74) is 0. The average molecular weight is 291 g/mol. The van der Waals surface area contributed by atoms with Crippen molar-refractivity contribution in [3.63, 3.8) is 0 Å². The van der Waals surface area contributed by atoms with Crippen molar-refractivity contribution in [1.82, 2.24) is 14.5 Å². The van der Waals surface area contributed by atoms with Gasteiger partial charge in [-0.1, -0.05) is 13.8 Å². The van der Waals surface area contributed by atoms with Gasteiger partial charge >= 0.3 is 0 Å². The Morgan fingerprint density at radius 1 is 1.21 bits per heavy atom. The van der Waals surface area contributed by atoms with E-state index in [4.69, 9.17) is 0 Å². The van der Waals surface area contributed by atoms with Crippen molar-refractivity contribution in [3.05, 3.63) is 0 Å². The van der Waals surface area contributed by atoms with E-state index < -0.39 is 10.0 Å². The predicted molar refractivity (Wildman–Crippen MR) is 79.8 cm³/mol. The number of nitrogens with zero attached hydrogens (tertiary/aromatic N) is 2. The van der Waals surface area contributed by atoms with Crippen LogP contribution < -0.4 is 5.32 Å². The van der Waals surface area contributed by atoms with Crippen LogP contribution in [0.5, 0.6) is 0 Å². The molecule has 1 fully saturated rings. The summed E-state index contributed by atoms with van der Waals surface area (Å²) in [7, 11) is -3.06. The van der Waals surface area contributed by atoms with Gasteiger partial charge in [-0.05, 0) is 39.4 Å². The molecule has 1 rings (SSSR count). The summed E-state index contributed by atoms with van der Waals surface area (Å²) in [5, 5.41) is 3.22. The molecule has 5 nitrogen and oxygen atoms in total. The number of hydrogen-bond acceptors (Lipinski definition) is 4. The standard InChI is InChI=1S/C13H29N3O2S/c1-4-14-8-6-7-11-19(17,18)16-10-9-15(5-2)13(3)12-16/h13-14H,4-12H2,1-3H3. The van der Waals surface area contributed by atoms with Gasteiger partial charge in [0.15, 0.2) is 0 Å². The van der Waals surface area contributed by atoms with Crippen LogP contribution in [0.25, 0.3) is 0 Å². The molecule has 19 heavy (non-hydrogen) atoms. The molecule has 6 heteroatoms. The lowest BCUT2D eigenvalue weighted by Crippen LogP contribution is -2.53. The summed E-state index contributed by atoms with van der Waals surface area (Å²) < 4.78 is 26.2. The zero-order chi connectivity index (χ0) is 14.3. The summed E-state index contributed by atoms with van der Waals surface area (Å²) in [6.45, 7) is 11.3. The molecule has 1 unspecified atom stereocenters. The molecular formula is C13H29N3O2S. The van der Waals surface area contributed by atoms with Gasteiger partial charge in [-0.25, -0.2) is 8.42 Å². The number of piperazine rings is 1. The zero-order valence-electron chi connectivity index (χ0n) is 12.6. The molecule has 0 spiro atoms. The highest BCUT2D eigenvalue weighted by atomic mass is 32.2. The van der Waals surface area contributed by atoms with Gasteiger partial charge in [0.1, 0.15) is 0 Å². The SMILES string of the molecule is CCNCCCCS(=O)(=O)N1CCN(CC)C(C)C1. The Morgan fingerprint density at radius 2 is 1.95 bits per heavy atom. The van der Waals surface area contributed by atoms with Crippen LogP contribution in [0.2, 0.25) is 0 Å². The smallest absolute Gasteiger partial charge is 0.214 e. The van der Waals surface area contributed by atoms with Gasteiger partial charge in [0.25, 0.3) is 0 Å². The lowest BCUT2D eigenvalue weighted by atomic mass is 10.2. The van der Waals surface area contributed by atoms with Crippen LogP contribution in [-0.4, -0.2) is 68.7 Å². The van der Waals surface area contributed by atoms with Gasteiger partial charge in [0, 0.05) is 25.7 Å². The molecule has 0 aromatic carbocycles. The minimum Gasteiger partial charge on any atom is -0.317 e. The first-order valence-electron chi connectivity index (χ1n) is 7.43. The summed E-state index contributed by atoms with van der Waals surface area (Å²) in [6, 6.07) is 0.329. The highest BCUT2D eigenvalue weighted by Crippen LogP contribution is 2.14. The molecule has 0 amide bonds. The number of hydrogen-bond donors (Lipinski definition) is 1. The fraction of sp³-hybridized carbons (Fsp3) is 1.00. The predicted octanol–water partition coefficient (Wildman–Crippen LogP) is 0.732. The first kappa shape index (κ1) is 16.9. The first-order chi connectivity index (χ1) is 9.01. The van der Waals surface area contributed by atoms with E-state index in [2.05, 4.69) is 31.0 Å². The van der Waals surface area contributed by atoms with Crippen LogP contribution in [0.3, 0.4) is 0 Å². The van der Waals surface area contributed by atoms with Crippen LogP contribution in [0.1, 0.15) is 33.6 Å². The number of likely N-dealkylation sites (N-methyl/N-ethyl adjacent to an activating group) is 1. The van der Waals surface area contributed by atoms with Crippen molar-refractivity contribution >= 4 is 10.0 Å². The summed E-state index contributed by atoms with van der Waals surface area (Å²) in [6.07, 6.45) is 1.68. The van der Waals surface area contributed by atoms with E-state index in [1.54, 1.807) is 4.31 Å². The van der Waals surface area contributed by atoms with Crippen LogP contribution in [-0.2, 0) is 10.0 Å². The highest BCUT2D eigenvalue weighted by molar-refractivity contribution is 7.89. The fourth-order valence-electron chi connectivity index (χ4n) is 2.52. The Hall–Kier alpha value is -0.170. The molecule has 1 aliphatic rings. The maximum absolute atomic E-state index is 12.2. The molecule has 1 saturated heterocycles. The third-order valence-electron chi connectivity index (χ3n) is 3.78. The summed E-state index contributed by atoms with van der Waals surface area (Å²) in [4.78, 5) is 2.33. The van der Waals surface area contributed by atoms with Gasteiger partial charge in [0.05, 0.1) is 5.75 Å². The highest BCUT2D eigenvalue weighted by Gasteiger charge is 2.29. The molecule has 0 aromatic heterocycles. The van der Waals surface area contributed by atoms with Gasteiger partial charge in [-0.3, -0.25) is 4.90 Å². The van der Waals surface area contributed by atoms with Crippen LogP contribution in [0.15, 0.2) is 0 Å². The Morgan fingerprint density at radius 3 is 2.53 bits per heavy atom. The normalized spacial score (nSPS) is 22.8. The molecule has 1 heterocycles. The molecule has 1 aliphatic heterocycles. The second-order valence-electron chi connectivity index (χ2n) is 5.21. The molecule has 0 radical (unpaired) electrons. The molecule has 114 valence electrons. The van der Waals surface area contributed by atoms with Gasteiger partial charge in [-0.15, -0.1) is 0 Å². The third kappa shape index (κ3) is 5.38. The maximum Gasteiger partial charge on any atom is 0.214 e. The number of nitrogens with one attached hydrogen (secondary N) is 1. The monoisotopic (exact) mass is 291 g/mol. The van der Waals surface area contributed by atoms with Gasteiger partial charge < -0.3 is 5.32 Å². The van der Waals surface area contributed by atoms with Crippen molar-refractivity contribution in [1.29, 1.82) is 0 Å². The minimum atomic E-state index is -3.06. The summed E-state index contributed by atoms with van der Waals surface area (Å²) >= 11 is 0. The summed E-state index contributed by atoms with van der Waals surface area (Å²) in [5.74, 6) is 0.289. The zero-order valence-corrected chi connectivity index (χ0v) is 13.4. The Labute approximate surface area is 118 Å². The number of unbranched alkanes of at least 4 members (excludes halogenated alkanes) is 1. The third-order valence-corrected chi connectivity index (χ3v) is 5.71. The van der Waals surface area contributed by atoms with Crippen molar-refractivity contribution in [2.45, 2.75) is 39.7 Å². The van der Waals surface area contributed by atoms with Crippen LogP contribution >= 0.6 is 0 Å². The van der Waals surface area contributed by atoms with Crippen LogP contribution in [0.4, 0.5) is 0 Å². The van der Waals surface area contributed by atoms with E-state index in [1.807, 2.05) is 0 Å². The fourth-order valence-corrected chi connectivity index (χ4v) is 4.15. The molecule has 0 saturated carbocycles. The Kier molecular flexibility index (Phi) is 7.28. The maximum atomic E-state index is 12.2. The molecule has 1 atom stereocenters. The van der Waals surface area contributed by atoms with Crippen LogP contribution in [0, 0.1) is 0 Å². The molecule has 0 aromatic rings. The molecule has 0 aliphatic carbocycles. The second-order valence-corrected chi connectivity index (χ2v) is 7.30. The van der Waals surface area contributed by atoms with Gasteiger partial charge in [0.2, 0.25) is 10.0 Å². The van der Waals surface area contributed by atoms with Crippen molar-refractivity contribution < 1.29 is 8.42 Å². The lowest BCUT2D eigenvalue weighted by molar-refractivity contribution is 0.135. The molecule has 0 bridgehead atoms. The molecular weight excluding hydrogens is 262 g/mol. The first-order valence-corrected chi connectivity index (χ1v) is 9.04. The minimum absolute atomic E-state index is 0.289. The largest absolute Gasteiger partial charge is 0.317 e. The molecule has 1 N–H and O–H groups in total. The number of sulfonamides is 1. The van der Waals surface area contributed by atoms with E-state index >= 15 is 0 Å². The van der Waals surface area contributed by atoms with Crippen molar-refractivity contribution in [2.24, 2.45) is 0 Å². The van der Waals surface area contributed by atoms with E-state index in [9.17, 15) is 8.42 Å². The topological polar surface area (TPSA) is 52.7 Å². The van der Waals surface area contributed by atoms with E-state index in [0.29, 0.717) is 19.1 Å². The Balaban J connectivity index is 2.37. The van der Waals surface area contributed by atoms with Crippen molar-refractivity contribution in [3.8, 4) is 0 Å².